The average Bonchev–Trinajstić information content (AvgIpc) is 2.07. The first-order chi connectivity index (χ1) is 7.20. The Labute approximate surface area is 86.6 Å². The van der Waals surface area contributed by atoms with Crippen molar-refractivity contribution in [3.63, 3.8) is 0 Å². The Morgan fingerprint density at radius 1 is 1.38 bits per heavy atom. The SMILES string of the molecule is Cc1cc(F)c(OC(F)(F)F)c([N+](=O)[O-])c1. The monoisotopic (exact) mass is 239 g/mol. The zero-order valence-corrected chi connectivity index (χ0v) is 7.84. The van der Waals surface area contributed by atoms with Crippen molar-refractivity contribution in [2.45, 2.75) is 13.3 Å². The van der Waals surface area contributed by atoms with E-state index in [1.807, 2.05) is 0 Å². The molecule has 0 heterocycles. The molecule has 8 heteroatoms. The summed E-state index contributed by atoms with van der Waals surface area (Å²) in [5.74, 6) is -2.85. The van der Waals surface area contributed by atoms with Gasteiger partial charge in [0.05, 0.1) is 4.92 Å². The minimum atomic E-state index is -5.18. The summed E-state index contributed by atoms with van der Waals surface area (Å²) in [6.45, 7) is 1.31. The first-order valence-electron chi connectivity index (χ1n) is 3.91. The van der Waals surface area contributed by atoms with Gasteiger partial charge in [0.2, 0.25) is 5.75 Å². The van der Waals surface area contributed by atoms with E-state index in [2.05, 4.69) is 4.74 Å². The van der Waals surface area contributed by atoms with Crippen molar-refractivity contribution in [3.05, 3.63) is 33.6 Å². The molecule has 0 amide bonds. The van der Waals surface area contributed by atoms with Crippen molar-refractivity contribution in [2.24, 2.45) is 0 Å². The number of rotatable bonds is 2. The lowest BCUT2D eigenvalue weighted by molar-refractivity contribution is -0.389. The summed E-state index contributed by atoms with van der Waals surface area (Å²) in [6.07, 6.45) is -5.18. The first-order valence-corrected chi connectivity index (χ1v) is 3.91. The van der Waals surface area contributed by atoms with E-state index >= 15 is 0 Å². The Kier molecular flexibility index (Phi) is 3.02. The summed E-state index contributed by atoms with van der Waals surface area (Å²) in [4.78, 5) is 9.26. The Balaban J connectivity index is 3.30. The van der Waals surface area contributed by atoms with E-state index in [0.717, 1.165) is 6.07 Å². The second-order valence-electron chi connectivity index (χ2n) is 2.90. The van der Waals surface area contributed by atoms with Crippen LogP contribution in [0.3, 0.4) is 0 Å². The van der Waals surface area contributed by atoms with Crippen LogP contribution in [0.25, 0.3) is 0 Å². The molecule has 0 bridgehead atoms. The highest BCUT2D eigenvalue weighted by molar-refractivity contribution is 5.49. The third kappa shape index (κ3) is 2.81. The standard InChI is InChI=1S/C8H5F4NO3/c1-4-2-5(9)7(16-8(10,11)12)6(3-4)13(14)15/h2-3H,1H3. The molecular formula is C8H5F4NO3. The molecule has 0 aliphatic rings. The maximum absolute atomic E-state index is 13.1. The van der Waals surface area contributed by atoms with Crippen LogP contribution in [-0.2, 0) is 0 Å². The smallest absolute Gasteiger partial charge is 0.395 e. The molecule has 0 N–H and O–H groups in total. The van der Waals surface area contributed by atoms with Crippen LogP contribution in [-0.4, -0.2) is 11.3 Å². The molecule has 16 heavy (non-hydrogen) atoms. The van der Waals surface area contributed by atoms with E-state index in [1.165, 1.54) is 6.92 Å². The van der Waals surface area contributed by atoms with Crippen molar-refractivity contribution >= 4 is 5.69 Å². The van der Waals surface area contributed by atoms with Gasteiger partial charge in [0.25, 0.3) is 0 Å². The molecule has 0 saturated heterocycles. The number of ether oxygens (including phenoxy) is 1. The number of nitro groups is 1. The molecule has 4 nitrogen and oxygen atoms in total. The fourth-order valence-corrected chi connectivity index (χ4v) is 1.06. The molecule has 1 rings (SSSR count). The van der Waals surface area contributed by atoms with Gasteiger partial charge in [-0.15, -0.1) is 13.2 Å². The molecule has 0 spiro atoms. The minimum Gasteiger partial charge on any atom is -0.395 e. The number of hydrogen-bond acceptors (Lipinski definition) is 3. The highest BCUT2D eigenvalue weighted by atomic mass is 19.4. The molecule has 0 fully saturated rings. The van der Waals surface area contributed by atoms with Crippen LogP contribution in [0.2, 0.25) is 0 Å². The fourth-order valence-electron chi connectivity index (χ4n) is 1.06. The van der Waals surface area contributed by atoms with E-state index in [1.54, 1.807) is 0 Å². The van der Waals surface area contributed by atoms with Gasteiger partial charge in [-0.05, 0) is 18.6 Å². The van der Waals surface area contributed by atoms with Crippen molar-refractivity contribution in [1.29, 1.82) is 0 Å². The zero-order chi connectivity index (χ0) is 12.5. The summed E-state index contributed by atoms with van der Waals surface area (Å²) >= 11 is 0. The van der Waals surface area contributed by atoms with Gasteiger partial charge in [-0.25, -0.2) is 4.39 Å². The third-order valence-corrected chi connectivity index (χ3v) is 1.58. The molecule has 1 aromatic carbocycles. The van der Waals surface area contributed by atoms with Crippen LogP contribution in [0.15, 0.2) is 12.1 Å². The number of hydrogen-bond donors (Lipinski definition) is 0. The second-order valence-corrected chi connectivity index (χ2v) is 2.90. The van der Waals surface area contributed by atoms with E-state index in [9.17, 15) is 27.7 Å². The van der Waals surface area contributed by atoms with Gasteiger partial charge in [0, 0.05) is 6.07 Å². The van der Waals surface area contributed by atoms with E-state index in [0.29, 0.717) is 6.07 Å². The van der Waals surface area contributed by atoms with Crippen LogP contribution < -0.4 is 4.74 Å². The lowest BCUT2D eigenvalue weighted by atomic mass is 10.2. The molecule has 88 valence electrons. The van der Waals surface area contributed by atoms with Crippen LogP contribution >= 0.6 is 0 Å². The Bertz CT molecular complexity index is 430. The topological polar surface area (TPSA) is 52.4 Å². The maximum atomic E-state index is 13.1. The zero-order valence-electron chi connectivity index (χ0n) is 7.84. The fraction of sp³-hybridized carbons (Fsp3) is 0.250. The van der Waals surface area contributed by atoms with Gasteiger partial charge in [-0.1, -0.05) is 0 Å². The number of nitrogens with zero attached hydrogens (tertiary/aromatic N) is 1. The van der Waals surface area contributed by atoms with Crippen LogP contribution in [0.1, 0.15) is 5.56 Å². The van der Waals surface area contributed by atoms with Gasteiger partial charge < -0.3 is 4.74 Å². The average molecular weight is 239 g/mol. The molecule has 0 aliphatic carbocycles. The molecule has 0 saturated carbocycles. The normalized spacial score (nSPS) is 11.3. The summed E-state index contributed by atoms with van der Waals surface area (Å²) in [5, 5.41) is 10.4. The van der Waals surface area contributed by atoms with Gasteiger partial charge >= 0.3 is 12.0 Å². The number of nitro benzene ring substituents is 1. The van der Waals surface area contributed by atoms with Crippen LogP contribution in [0, 0.1) is 22.9 Å². The molecule has 1 aromatic rings. The lowest BCUT2D eigenvalue weighted by Gasteiger charge is -2.10. The highest BCUT2D eigenvalue weighted by Gasteiger charge is 2.36. The number of alkyl halides is 3. The van der Waals surface area contributed by atoms with E-state index in [4.69, 9.17) is 0 Å². The van der Waals surface area contributed by atoms with E-state index in [-0.39, 0.29) is 5.56 Å². The quantitative estimate of drug-likeness (QED) is 0.453. The van der Waals surface area contributed by atoms with Crippen molar-refractivity contribution < 1.29 is 27.2 Å². The minimum absolute atomic E-state index is 0.124. The molecule has 0 unspecified atom stereocenters. The maximum Gasteiger partial charge on any atom is 0.573 e. The van der Waals surface area contributed by atoms with Crippen LogP contribution in [0.4, 0.5) is 23.2 Å². The third-order valence-electron chi connectivity index (χ3n) is 1.58. The largest absolute Gasteiger partial charge is 0.573 e. The van der Waals surface area contributed by atoms with Gasteiger partial charge in [-0.3, -0.25) is 10.1 Å². The Hall–Kier alpha value is -1.86. The Morgan fingerprint density at radius 3 is 2.38 bits per heavy atom. The highest BCUT2D eigenvalue weighted by Crippen LogP contribution is 2.35. The van der Waals surface area contributed by atoms with Crippen molar-refractivity contribution in [1.82, 2.24) is 0 Å². The molecule has 0 atom stereocenters. The second kappa shape index (κ2) is 3.95. The van der Waals surface area contributed by atoms with E-state index < -0.39 is 28.5 Å². The van der Waals surface area contributed by atoms with Gasteiger partial charge in [0.1, 0.15) is 0 Å². The summed E-state index contributed by atoms with van der Waals surface area (Å²) in [6, 6.07) is 1.51. The van der Waals surface area contributed by atoms with Crippen molar-refractivity contribution in [3.8, 4) is 5.75 Å². The summed E-state index contributed by atoms with van der Waals surface area (Å²) < 4.78 is 51.9. The molecule has 0 aromatic heterocycles. The number of aryl methyl sites for hydroxylation is 1. The lowest BCUT2D eigenvalue weighted by Crippen LogP contribution is -2.19. The van der Waals surface area contributed by atoms with Gasteiger partial charge in [-0.2, -0.15) is 0 Å². The Morgan fingerprint density at radius 2 is 1.94 bits per heavy atom. The predicted octanol–water partition coefficient (Wildman–Crippen LogP) is 2.94. The molecule has 0 aliphatic heterocycles. The molecular weight excluding hydrogens is 234 g/mol. The molecule has 0 radical (unpaired) electrons. The van der Waals surface area contributed by atoms with Crippen LogP contribution in [0.5, 0.6) is 5.75 Å². The van der Waals surface area contributed by atoms with Crippen molar-refractivity contribution in [2.75, 3.05) is 0 Å². The number of halogens is 4. The first kappa shape index (κ1) is 12.2. The predicted molar refractivity (Wildman–Crippen MR) is 44.5 cm³/mol. The summed E-state index contributed by atoms with van der Waals surface area (Å²) in [5.41, 5.74) is -0.937. The number of benzene rings is 1. The summed E-state index contributed by atoms with van der Waals surface area (Å²) in [7, 11) is 0. The van der Waals surface area contributed by atoms with Gasteiger partial charge in [0.15, 0.2) is 5.82 Å².